The van der Waals surface area contributed by atoms with Gasteiger partial charge < -0.3 is 10.6 Å². The summed E-state index contributed by atoms with van der Waals surface area (Å²) in [6, 6.07) is 18.0. The number of hydrogen-bond acceptors (Lipinski definition) is 3. The van der Waals surface area contributed by atoms with Crippen molar-refractivity contribution in [1.29, 1.82) is 0 Å². The van der Waals surface area contributed by atoms with Crippen LogP contribution >= 0.6 is 0 Å². The molecule has 0 amide bonds. The van der Waals surface area contributed by atoms with Gasteiger partial charge in [0.2, 0.25) is 0 Å². The van der Waals surface area contributed by atoms with Gasteiger partial charge in [-0.3, -0.25) is 4.79 Å². The lowest BCUT2D eigenvalue weighted by Gasteiger charge is -2.18. The van der Waals surface area contributed by atoms with Crippen molar-refractivity contribution in [3.05, 3.63) is 76.9 Å². The molecule has 1 atom stereocenters. The first kappa shape index (κ1) is 12.4. The van der Waals surface area contributed by atoms with Gasteiger partial charge >= 0.3 is 0 Å². The second kappa shape index (κ2) is 4.86. The predicted molar refractivity (Wildman–Crippen MR) is 82.9 cm³/mol. The standard InChI is InChI=1S/C18H16N2O/c21-18-14-9-5-4-8-13(14)17-15(18)16(19-10-11-20-17)12-6-2-1-3-7-12/h1-9,16,19-20H,10-11H2. The number of hydrogen-bond donors (Lipinski definition) is 2. The van der Waals surface area contributed by atoms with Crippen LogP contribution in [0.2, 0.25) is 0 Å². The fraction of sp³-hybridized carbons (Fsp3) is 0.167. The second-order valence-electron chi connectivity index (χ2n) is 5.39. The van der Waals surface area contributed by atoms with Crippen molar-refractivity contribution in [3.8, 4) is 0 Å². The summed E-state index contributed by atoms with van der Waals surface area (Å²) in [7, 11) is 0. The maximum Gasteiger partial charge on any atom is 0.193 e. The molecule has 0 saturated heterocycles. The molecule has 0 radical (unpaired) electrons. The molecular weight excluding hydrogens is 260 g/mol. The zero-order chi connectivity index (χ0) is 14.2. The van der Waals surface area contributed by atoms with Crippen LogP contribution < -0.4 is 10.6 Å². The third kappa shape index (κ3) is 1.89. The zero-order valence-electron chi connectivity index (χ0n) is 11.6. The number of benzene rings is 2. The van der Waals surface area contributed by atoms with Crippen LogP contribution in [0.4, 0.5) is 0 Å². The Morgan fingerprint density at radius 2 is 1.57 bits per heavy atom. The Morgan fingerprint density at radius 1 is 0.857 bits per heavy atom. The predicted octanol–water partition coefficient (Wildman–Crippen LogP) is 2.53. The van der Waals surface area contributed by atoms with Crippen LogP contribution in [0.5, 0.6) is 0 Å². The monoisotopic (exact) mass is 276 g/mol. The quantitative estimate of drug-likeness (QED) is 0.841. The van der Waals surface area contributed by atoms with E-state index in [0.717, 1.165) is 41.1 Å². The van der Waals surface area contributed by atoms with E-state index in [1.165, 1.54) is 0 Å². The van der Waals surface area contributed by atoms with E-state index in [2.05, 4.69) is 22.8 Å². The maximum atomic E-state index is 12.8. The lowest BCUT2D eigenvalue weighted by Crippen LogP contribution is -2.27. The molecule has 3 heteroatoms. The summed E-state index contributed by atoms with van der Waals surface area (Å²) in [4.78, 5) is 12.8. The van der Waals surface area contributed by atoms with Crippen molar-refractivity contribution in [2.45, 2.75) is 6.04 Å². The van der Waals surface area contributed by atoms with Crippen LogP contribution in [0.3, 0.4) is 0 Å². The Kier molecular flexibility index (Phi) is 2.86. The van der Waals surface area contributed by atoms with Crippen molar-refractivity contribution in [1.82, 2.24) is 10.6 Å². The van der Waals surface area contributed by atoms with Crippen LogP contribution in [0.25, 0.3) is 5.70 Å². The molecule has 1 heterocycles. The molecule has 2 aromatic carbocycles. The van der Waals surface area contributed by atoms with Crippen molar-refractivity contribution in [2.75, 3.05) is 13.1 Å². The first-order chi connectivity index (χ1) is 10.4. The van der Waals surface area contributed by atoms with Crippen molar-refractivity contribution < 1.29 is 4.79 Å². The Hall–Kier alpha value is -2.39. The van der Waals surface area contributed by atoms with E-state index in [1.807, 2.05) is 42.5 Å². The molecule has 1 aliphatic carbocycles. The fourth-order valence-corrected chi connectivity index (χ4v) is 3.20. The molecule has 1 unspecified atom stereocenters. The lowest BCUT2D eigenvalue weighted by atomic mass is 9.96. The highest BCUT2D eigenvalue weighted by molar-refractivity contribution is 6.21. The van der Waals surface area contributed by atoms with Gasteiger partial charge in [-0.1, -0.05) is 54.6 Å². The number of nitrogens with one attached hydrogen (secondary N) is 2. The molecule has 0 aromatic heterocycles. The second-order valence-corrected chi connectivity index (χ2v) is 5.39. The van der Waals surface area contributed by atoms with E-state index in [1.54, 1.807) is 0 Å². The fourth-order valence-electron chi connectivity index (χ4n) is 3.20. The molecule has 2 N–H and O–H groups in total. The zero-order valence-corrected chi connectivity index (χ0v) is 11.6. The van der Waals surface area contributed by atoms with Gasteiger partial charge in [-0.25, -0.2) is 0 Å². The molecule has 21 heavy (non-hydrogen) atoms. The third-order valence-corrected chi connectivity index (χ3v) is 4.15. The van der Waals surface area contributed by atoms with Crippen LogP contribution in [-0.4, -0.2) is 18.9 Å². The van der Waals surface area contributed by atoms with E-state index >= 15 is 0 Å². The minimum atomic E-state index is -0.0453. The molecule has 0 saturated carbocycles. The highest BCUT2D eigenvalue weighted by Gasteiger charge is 2.35. The molecule has 4 rings (SSSR count). The number of carbonyl (C=O) groups is 1. The van der Waals surface area contributed by atoms with E-state index in [4.69, 9.17) is 0 Å². The molecule has 104 valence electrons. The topological polar surface area (TPSA) is 41.1 Å². The summed E-state index contributed by atoms with van der Waals surface area (Å²) < 4.78 is 0. The molecule has 0 bridgehead atoms. The minimum Gasteiger partial charge on any atom is -0.383 e. The molecule has 2 aliphatic rings. The van der Waals surface area contributed by atoms with Crippen LogP contribution in [0.15, 0.2) is 60.2 Å². The minimum absolute atomic E-state index is 0.0453. The van der Waals surface area contributed by atoms with E-state index in [0.29, 0.717) is 0 Å². The molecule has 2 aromatic rings. The van der Waals surface area contributed by atoms with Gasteiger partial charge in [-0.2, -0.15) is 0 Å². The average Bonchev–Trinajstić information content (AvgIpc) is 2.71. The normalized spacial score (nSPS) is 20.6. The summed E-state index contributed by atoms with van der Waals surface area (Å²) in [5.41, 5.74) is 4.81. The Bertz CT molecular complexity index is 734. The summed E-state index contributed by atoms with van der Waals surface area (Å²) >= 11 is 0. The highest BCUT2D eigenvalue weighted by atomic mass is 16.1. The molecule has 3 nitrogen and oxygen atoms in total. The van der Waals surface area contributed by atoms with E-state index in [9.17, 15) is 4.79 Å². The number of fused-ring (bicyclic) bond motifs is 2. The van der Waals surface area contributed by atoms with Gasteiger partial charge in [0.05, 0.1) is 11.7 Å². The lowest BCUT2D eigenvalue weighted by molar-refractivity contribution is 0.103. The van der Waals surface area contributed by atoms with Gasteiger partial charge in [-0.05, 0) is 5.56 Å². The van der Waals surface area contributed by atoms with Crippen LogP contribution in [0.1, 0.15) is 27.5 Å². The smallest absolute Gasteiger partial charge is 0.193 e. The first-order valence-electron chi connectivity index (χ1n) is 7.27. The molecule has 1 aliphatic heterocycles. The number of carbonyl (C=O) groups excluding carboxylic acids is 1. The molecular formula is C18H16N2O. The summed E-state index contributed by atoms with van der Waals surface area (Å²) in [6.45, 7) is 1.66. The summed E-state index contributed by atoms with van der Waals surface area (Å²) in [6.07, 6.45) is 0. The van der Waals surface area contributed by atoms with E-state index in [-0.39, 0.29) is 11.8 Å². The Labute approximate surface area is 123 Å². The largest absolute Gasteiger partial charge is 0.383 e. The first-order valence-corrected chi connectivity index (χ1v) is 7.27. The number of ketones is 1. The van der Waals surface area contributed by atoms with Crippen molar-refractivity contribution in [2.24, 2.45) is 0 Å². The van der Waals surface area contributed by atoms with Crippen molar-refractivity contribution in [3.63, 3.8) is 0 Å². The van der Waals surface area contributed by atoms with Gasteiger partial charge in [0, 0.05) is 29.8 Å². The third-order valence-electron chi connectivity index (χ3n) is 4.15. The van der Waals surface area contributed by atoms with Crippen LogP contribution in [-0.2, 0) is 0 Å². The SMILES string of the molecule is O=C1C2=C(NCCNC2c2ccccc2)c2ccccc21. The Balaban J connectivity index is 1.88. The number of Topliss-reactive ketones (excluding diaryl/α,β-unsaturated/α-hetero) is 1. The van der Waals surface area contributed by atoms with Gasteiger partial charge in [0.1, 0.15) is 0 Å². The molecule has 0 fully saturated rings. The summed E-state index contributed by atoms with van der Waals surface area (Å²) in [5.74, 6) is 0.136. The maximum absolute atomic E-state index is 12.8. The Morgan fingerprint density at radius 3 is 2.38 bits per heavy atom. The van der Waals surface area contributed by atoms with Gasteiger partial charge in [0.15, 0.2) is 5.78 Å². The highest BCUT2D eigenvalue weighted by Crippen LogP contribution is 2.38. The van der Waals surface area contributed by atoms with E-state index < -0.39 is 0 Å². The molecule has 0 spiro atoms. The van der Waals surface area contributed by atoms with Crippen LogP contribution in [0, 0.1) is 0 Å². The number of rotatable bonds is 1. The average molecular weight is 276 g/mol. The van der Waals surface area contributed by atoms with Gasteiger partial charge in [-0.15, -0.1) is 0 Å². The van der Waals surface area contributed by atoms with Gasteiger partial charge in [0.25, 0.3) is 0 Å². The van der Waals surface area contributed by atoms with Crippen molar-refractivity contribution >= 4 is 11.5 Å². The summed E-state index contributed by atoms with van der Waals surface area (Å²) in [5, 5.41) is 6.92.